The van der Waals surface area contributed by atoms with Crippen molar-refractivity contribution in [3.05, 3.63) is 34.6 Å². The molecule has 1 aromatic heterocycles. The summed E-state index contributed by atoms with van der Waals surface area (Å²) in [7, 11) is 0. The van der Waals surface area contributed by atoms with Crippen molar-refractivity contribution in [3.63, 3.8) is 0 Å². The van der Waals surface area contributed by atoms with E-state index in [1.54, 1.807) is 30.6 Å². The minimum atomic E-state index is -0.698. The second-order valence-corrected chi connectivity index (χ2v) is 12.5. The Hall–Kier alpha value is -3.31. The van der Waals surface area contributed by atoms with Crippen LogP contribution in [0.2, 0.25) is 5.02 Å². The van der Waals surface area contributed by atoms with Gasteiger partial charge in [0.25, 0.3) is 5.91 Å². The fourth-order valence-electron chi connectivity index (χ4n) is 6.32. The lowest BCUT2D eigenvalue weighted by molar-refractivity contribution is 0.000952. The lowest BCUT2D eigenvalue weighted by Crippen LogP contribution is -2.58. The van der Waals surface area contributed by atoms with Gasteiger partial charge in [-0.2, -0.15) is 0 Å². The highest BCUT2D eigenvalue weighted by molar-refractivity contribution is 6.35. The Morgan fingerprint density at radius 3 is 2.73 bits per heavy atom. The van der Waals surface area contributed by atoms with E-state index in [9.17, 15) is 14.7 Å². The molecule has 3 fully saturated rings. The Kier molecular flexibility index (Phi) is 6.93. The number of phenolic OH excluding ortho intramolecular Hbond substituents is 1. The highest BCUT2D eigenvalue weighted by Crippen LogP contribution is 2.49. The number of fused-ring (bicyclic) bond motifs is 2. The SMILES string of the molecule is CC(C)(C)OC(=O)N1CCN2C(=O)c3c(N4CCCC45CCOC5)nc(-c4c(O)cccc4F)c(Cl)c3OC[C@H]2C1. The largest absolute Gasteiger partial charge is 0.507 e. The average molecular weight is 589 g/mol. The van der Waals surface area contributed by atoms with Crippen LogP contribution in [0.1, 0.15) is 50.4 Å². The summed E-state index contributed by atoms with van der Waals surface area (Å²) in [4.78, 5) is 37.3. The number of phenols is 1. The number of ether oxygens (including phenoxy) is 3. The average Bonchev–Trinajstić information content (AvgIpc) is 3.53. The molecule has 3 saturated heterocycles. The van der Waals surface area contributed by atoms with E-state index in [0.29, 0.717) is 32.1 Å². The molecule has 1 aromatic carbocycles. The number of anilines is 1. The first-order valence-corrected chi connectivity index (χ1v) is 14.4. The summed E-state index contributed by atoms with van der Waals surface area (Å²) in [5.41, 5.74) is -0.967. The molecule has 2 atom stereocenters. The molecule has 0 bridgehead atoms. The van der Waals surface area contributed by atoms with E-state index >= 15 is 4.39 Å². The normalized spacial score (nSPS) is 24.3. The van der Waals surface area contributed by atoms with E-state index in [2.05, 4.69) is 4.90 Å². The van der Waals surface area contributed by atoms with Gasteiger partial charge in [0.15, 0.2) is 5.75 Å². The third kappa shape index (κ3) is 4.82. The molecule has 4 aliphatic rings. The fraction of sp³-hybridized carbons (Fsp3) is 0.552. The zero-order valence-corrected chi connectivity index (χ0v) is 24.2. The van der Waals surface area contributed by atoms with Gasteiger partial charge in [-0.05, 0) is 52.2 Å². The van der Waals surface area contributed by atoms with Crippen LogP contribution < -0.4 is 9.64 Å². The molecule has 0 saturated carbocycles. The van der Waals surface area contributed by atoms with Gasteiger partial charge in [0.1, 0.15) is 45.9 Å². The molecule has 2 amide bonds. The maximum absolute atomic E-state index is 15.1. The predicted molar refractivity (Wildman–Crippen MR) is 149 cm³/mol. The van der Waals surface area contributed by atoms with E-state index in [1.165, 1.54) is 18.2 Å². The molecule has 0 radical (unpaired) electrons. The first-order chi connectivity index (χ1) is 19.5. The van der Waals surface area contributed by atoms with Crippen LogP contribution >= 0.6 is 11.6 Å². The van der Waals surface area contributed by atoms with Crippen LogP contribution in [0, 0.1) is 5.82 Å². The lowest BCUT2D eigenvalue weighted by Gasteiger charge is -2.40. The number of aromatic nitrogens is 1. The topological polar surface area (TPSA) is 105 Å². The summed E-state index contributed by atoms with van der Waals surface area (Å²) in [5.74, 6) is -0.906. The number of hydrogen-bond donors (Lipinski definition) is 1. The molecular weight excluding hydrogens is 555 g/mol. The van der Waals surface area contributed by atoms with Crippen molar-refractivity contribution in [1.29, 1.82) is 0 Å². The van der Waals surface area contributed by atoms with Gasteiger partial charge >= 0.3 is 6.09 Å². The Morgan fingerprint density at radius 2 is 2.02 bits per heavy atom. The molecule has 4 aliphatic heterocycles. The third-order valence-electron chi connectivity index (χ3n) is 8.27. The molecule has 10 nitrogen and oxygen atoms in total. The number of nitrogens with zero attached hydrogens (tertiary/aromatic N) is 4. The van der Waals surface area contributed by atoms with Crippen LogP contribution in [0.4, 0.5) is 15.0 Å². The molecule has 1 N–H and O–H groups in total. The molecule has 6 rings (SSSR count). The molecule has 12 heteroatoms. The number of rotatable bonds is 2. The standard InChI is InChI=1S/C29H34ClFN4O6/c1-28(2,3)41-27(38)33-11-12-34-17(14-33)15-40-24-21(26(34)37)25(35-10-5-8-29(35)9-13-39-16-29)32-23(22(24)30)20-18(31)6-4-7-19(20)36/h4,6-7,17,36H,5,8-16H2,1-3H3/t17-,29?/m1/s1. The van der Waals surface area contributed by atoms with Crippen LogP contribution in [0.3, 0.4) is 0 Å². The lowest BCUT2D eigenvalue weighted by atomic mass is 9.94. The number of halogens is 2. The molecule has 220 valence electrons. The Labute approximate surface area is 242 Å². The summed E-state index contributed by atoms with van der Waals surface area (Å²) < 4.78 is 32.7. The van der Waals surface area contributed by atoms with Crippen molar-refractivity contribution in [1.82, 2.24) is 14.8 Å². The number of hydrogen-bond acceptors (Lipinski definition) is 8. The summed E-state index contributed by atoms with van der Waals surface area (Å²) in [5, 5.41) is 10.6. The van der Waals surface area contributed by atoms with Gasteiger partial charge in [-0.15, -0.1) is 0 Å². The second-order valence-electron chi connectivity index (χ2n) is 12.1. The summed E-state index contributed by atoms with van der Waals surface area (Å²) >= 11 is 6.86. The van der Waals surface area contributed by atoms with Crippen molar-refractivity contribution in [2.75, 3.05) is 50.9 Å². The van der Waals surface area contributed by atoms with Crippen LogP contribution in [0.15, 0.2) is 18.2 Å². The number of carbonyl (C=O) groups excluding carboxylic acids is 2. The van der Waals surface area contributed by atoms with Crippen LogP contribution in [0.25, 0.3) is 11.3 Å². The quantitative estimate of drug-likeness (QED) is 0.548. The van der Waals surface area contributed by atoms with Gasteiger partial charge < -0.3 is 34.0 Å². The summed E-state index contributed by atoms with van der Waals surface area (Å²) in [6, 6.07) is 3.51. The van der Waals surface area contributed by atoms with Crippen LogP contribution in [-0.2, 0) is 9.47 Å². The Balaban J connectivity index is 1.45. The fourth-order valence-corrected chi connectivity index (χ4v) is 6.61. The first kappa shape index (κ1) is 27.8. The molecule has 41 heavy (non-hydrogen) atoms. The van der Waals surface area contributed by atoms with Crippen molar-refractivity contribution in [3.8, 4) is 22.8 Å². The third-order valence-corrected chi connectivity index (χ3v) is 8.62. The zero-order chi connectivity index (χ0) is 29.1. The predicted octanol–water partition coefficient (Wildman–Crippen LogP) is 4.46. The van der Waals surface area contributed by atoms with Gasteiger partial charge in [0, 0.05) is 32.8 Å². The van der Waals surface area contributed by atoms with E-state index in [1.807, 2.05) is 0 Å². The van der Waals surface area contributed by atoms with Crippen molar-refractivity contribution >= 4 is 29.4 Å². The number of carbonyl (C=O) groups is 2. The molecule has 0 aliphatic carbocycles. The Bertz CT molecular complexity index is 1370. The van der Waals surface area contributed by atoms with E-state index in [0.717, 1.165) is 19.3 Å². The minimum Gasteiger partial charge on any atom is -0.507 e. The smallest absolute Gasteiger partial charge is 0.410 e. The van der Waals surface area contributed by atoms with Crippen molar-refractivity contribution in [2.45, 2.75) is 57.2 Å². The number of amides is 2. The molecule has 2 aromatic rings. The molecule has 1 unspecified atom stereocenters. The van der Waals surface area contributed by atoms with Gasteiger partial charge in [0.05, 0.1) is 23.8 Å². The monoisotopic (exact) mass is 588 g/mol. The summed E-state index contributed by atoms with van der Waals surface area (Å²) in [6.07, 6.45) is 2.04. The minimum absolute atomic E-state index is 0.0000328. The molecule has 5 heterocycles. The van der Waals surface area contributed by atoms with E-state index < -0.39 is 23.6 Å². The maximum Gasteiger partial charge on any atom is 0.410 e. The second kappa shape index (κ2) is 10.2. The van der Waals surface area contributed by atoms with Crippen molar-refractivity contribution < 1.29 is 33.3 Å². The van der Waals surface area contributed by atoms with Gasteiger partial charge in [-0.25, -0.2) is 14.2 Å². The highest BCUT2D eigenvalue weighted by Gasteiger charge is 2.48. The maximum atomic E-state index is 15.1. The van der Waals surface area contributed by atoms with Crippen LogP contribution in [-0.4, -0.2) is 95.1 Å². The number of benzene rings is 1. The van der Waals surface area contributed by atoms with Gasteiger partial charge in [-0.3, -0.25) is 4.79 Å². The molecular formula is C29H34ClFN4O6. The first-order valence-electron chi connectivity index (χ1n) is 14.0. The highest BCUT2D eigenvalue weighted by atomic mass is 35.5. The van der Waals surface area contributed by atoms with E-state index in [4.69, 9.17) is 30.8 Å². The Morgan fingerprint density at radius 1 is 1.22 bits per heavy atom. The summed E-state index contributed by atoms with van der Waals surface area (Å²) in [6.45, 7) is 7.95. The number of aromatic hydroxyl groups is 1. The number of piperazine rings is 1. The van der Waals surface area contributed by atoms with Gasteiger partial charge in [-0.1, -0.05) is 17.7 Å². The molecule has 1 spiro atoms. The van der Waals surface area contributed by atoms with Crippen molar-refractivity contribution in [2.24, 2.45) is 0 Å². The zero-order valence-electron chi connectivity index (χ0n) is 23.4. The van der Waals surface area contributed by atoms with Gasteiger partial charge in [0.2, 0.25) is 0 Å². The van der Waals surface area contributed by atoms with E-state index in [-0.39, 0.29) is 64.5 Å². The van der Waals surface area contributed by atoms with Crippen LogP contribution in [0.5, 0.6) is 11.5 Å². The number of pyridine rings is 1.